The average molecular weight is 191 g/mol. The SMILES string of the molecule is CC.CNc1nc2ccc(C)cc2[nH]1. The van der Waals surface area contributed by atoms with Gasteiger partial charge in [-0.05, 0) is 24.6 Å². The average Bonchev–Trinajstić information content (AvgIpc) is 2.62. The number of aromatic nitrogens is 2. The summed E-state index contributed by atoms with van der Waals surface area (Å²) in [5, 5.41) is 2.97. The second-order valence-corrected chi connectivity index (χ2v) is 2.86. The van der Waals surface area contributed by atoms with E-state index in [0.717, 1.165) is 17.0 Å². The Kier molecular flexibility index (Phi) is 3.51. The molecule has 2 N–H and O–H groups in total. The summed E-state index contributed by atoms with van der Waals surface area (Å²) in [6, 6.07) is 6.16. The number of anilines is 1. The van der Waals surface area contributed by atoms with Gasteiger partial charge in [-0.3, -0.25) is 0 Å². The Labute approximate surface area is 84.6 Å². The lowest BCUT2D eigenvalue weighted by Crippen LogP contribution is -1.88. The molecule has 0 fully saturated rings. The van der Waals surface area contributed by atoms with Crippen molar-refractivity contribution in [2.45, 2.75) is 20.8 Å². The zero-order valence-electron chi connectivity index (χ0n) is 9.18. The van der Waals surface area contributed by atoms with Crippen LogP contribution in [0.2, 0.25) is 0 Å². The number of hydrogen-bond donors (Lipinski definition) is 2. The summed E-state index contributed by atoms with van der Waals surface area (Å²) < 4.78 is 0. The molecular weight excluding hydrogens is 174 g/mol. The first-order chi connectivity index (χ1) is 6.79. The van der Waals surface area contributed by atoms with Crippen molar-refractivity contribution in [1.82, 2.24) is 9.97 Å². The molecule has 0 spiro atoms. The molecule has 0 atom stereocenters. The molecule has 0 radical (unpaired) electrons. The molecule has 0 aliphatic heterocycles. The first-order valence-electron chi connectivity index (χ1n) is 4.94. The highest BCUT2D eigenvalue weighted by Gasteiger charge is 1.99. The van der Waals surface area contributed by atoms with Crippen molar-refractivity contribution in [2.24, 2.45) is 0 Å². The number of nitrogens with one attached hydrogen (secondary N) is 2. The minimum absolute atomic E-state index is 0.815. The van der Waals surface area contributed by atoms with E-state index in [4.69, 9.17) is 0 Å². The normalized spacial score (nSPS) is 9.43. The number of nitrogens with zero attached hydrogens (tertiary/aromatic N) is 1. The van der Waals surface area contributed by atoms with Gasteiger partial charge in [0.05, 0.1) is 11.0 Å². The molecule has 3 heteroatoms. The number of aromatic amines is 1. The van der Waals surface area contributed by atoms with Crippen LogP contribution in [0.15, 0.2) is 18.2 Å². The van der Waals surface area contributed by atoms with Gasteiger partial charge in [0.1, 0.15) is 0 Å². The number of hydrogen-bond acceptors (Lipinski definition) is 2. The highest BCUT2D eigenvalue weighted by molar-refractivity contribution is 5.78. The van der Waals surface area contributed by atoms with Gasteiger partial charge in [0.2, 0.25) is 5.95 Å². The molecule has 14 heavy (non-hydrogen) atoms. The Hall–Kier alpha value is -1.51. The fourth-order valence-electron chi connectivity index (χ4n) is 1.24. The van der Waals surface area contributed by atoms with Crippen LogP contribution < -0.4 is 5.32 Å². The van der Waals surface area contributed by atoms with Gasteiger partial charge in [0.15, 0.2) is 0 Å². The zero-order valence-corrected chi connectivity index (χ0v) is 9.18. The van der Waals surface area contributed by atoms with Crippen LogP contribution in [-0.2, 0) is 0 Å². The molecule has 0 saturated carbocycles. The Morgan fingerprint density at radius 2 is 2.00 bits per heavy atom. The molecule has 0 amide bonds. The Morgan fingerprint density at radius 1 is 1.29 bits per heavy atom. The maximum absolute atomic E-state index is 4.31. The third-order valence-corrected chi connectivity index (χ3v) is 1.87. The van der Waals surface area contributed by atoms with Crippen LogP contribution in [0, 0.1) is 6.92 Å². The molecule has 76 valence electrons. The lowest BCUT2D eigenvalue weighted by atomic mass is 10.2. The summed E-state index contributed by atoms with van der Waals surface area (Å²) in [5.74, 6) is 0.815. The molecule has 1 aromatic heterocycles. The maximum Gasteiger partial charge on any atom is 0.200 e. The molecular formula is C11H17N3. The molecule has 0 bridgehead atoms. The number of H-pyrrole nitrogens is 1. The number of rotatable bonds is 1. The number of aryl methyl sites for hydroxylation is 1. The Morgan fingerprint density at radius 3 is 2.64 bits per heavy atom. The van der Waals surface area contributed by atoms with Crippen molar-refractivity contribution >= 4 is 17.0 Å². The molecule has 0 saturated heterocycles. The van der Waals surface area contributed by atoms with Crippen molar-refractivity contribution < 1.29 is 0 Å². The van der Waals surface area contributed by atoms with E-state index in [1.807, 2.05) is 27.0 Å². The molecule has 0 unspecified atom stereocenters. The van der Waals surface area contributed by atoms with Crippen molar-refractivity contribution in [2.75, 3.05) is 12.4 Å². The van der Waals surface area contributed by atoms with Crippen LogP contribution in [0.3, 0.4) is 0 Å². The topological polar surface area (TPSA) is 40.7 Å². The Balaban J connectivity index is 0.000000461. The standard InChI is InChI=1S/C9H11N3.C2H6/c1-6-3-4-7-8(5-6)12-9(10-2)11-7;1-2/h3-5H,1-2H3,(H2,10,11,12);1-2H3. The monoisotopic (exact) mass is 191 g/mol. The number of benzene rings is 1. The van der Waals surface area contributed by atoms with Gasteiger partial charge in [-0.2, -0.15) is 0 Å². The molecule has 1 aromatic carbocycles. The van der Waals surface area contributed by atoms with Crippen LogP contribution in [0.5, 0.6) is 0 Å². The van der Waals surface area contributed by atoms with E-state index < -0.39 is 0 Å². The van der Waals surface area contributed by atoms with E-state index in [1.165, 1.54) is 5.56 Å². The van der Waals surface area contributed by atoms with Crippen LogP contribution in [0.1, 0.15) is 19.4 Å². The minimum atomic E-state index is 0.815. The second kappa shape index (κ2) is 4.65. The Bertz CT molecular complexity index is 404. The summed E-state index contributed by atoms with van der Waals surface area (Å²) in [7, 11) is 1.85. The van der Waals surface area contributed by atoms with Gasteiger partial charge >= 0.3 is 0 Å². The van der Waals surface area contributed by atoms with E-state index in [2.05, 4.69) is 34.3 Å². The lowest BCUT2D eigenvalue weighted by molar-refractivity contribution is 1.28. The highest BCUT2D eigenvalue weighted by atomic mass is 15.1. The van der Waals surface area contributed by atoms with Crippen LogP contribution >= 0.6 is 0 Å². The lowest BCUT2D eigenvalue weighted by Gasteiger charge is -1.89. The van der Waals surface area contributed by atoms with E-state index in [0.29, 0.717) is 0 Å². The van der Waals surface area contributed by atoms with Crippen LogP contribution in [-0.4, -0.2) is 17.0 Å². The smallest absolute Gasteiger partial charge is 0.200 e. The largest absolute Gasteiger partial charge is 0.359 e. The quantitative estimate of drug-likeness (QED) is 0.727. The van der Waals surface area contributed by atoms with Gasteiger partial charge in [0, 0.05) is 7.05 Å². The molecule has 1 heterocycles. The first kappa shape index (κ1) is 10.6. The molecule has 2 aromatic rings. The molecule has 2 rings (SSSR count). The highest BCUT2D eigenvalue weighted by Crippen LogP contribution is 2.14. The van der Waals surface area contributed by atoms with E-state index in [9.17, 15) is 0 Å². The second-order valence-electron chi connectivity index (χ2n) is 2.86. The molecule has 0 aliphatic carbocycles. The fraction of sp³-hybridized carbons (Fsp3) is 0.364. The van der Waals surface area contributed by atoms with Crippen molar-refractivity contribution in [3.8, 4) is 0 Å². The van der Waals surface area contributed by atoms with Crippen molar-refractivity contribution in [1.29, 1.82) is 0 Å². The van der Waals surface area contributed by atoms with Gasteiger partial charge in [0.25, 0.3) is 0 Å². The van der Waals surface area contributed by atoms with Crippen LogP contribution in [0.4, 0.5) is 5.95 Å². The van der Waals surface area contributed by atoms with Gasteiger partial charge < -0.3 is 10.3 Å². The minimum Gasteiger partial charge on any atom is -0.359 e. The predicted octanol–water partition coefficient (Wildman–Crippen LogP) is 2.94. The summed E-state index contributed by atoms with van der Waals surface area (Å²) in [6.45, 7) is 6.07. The van der Waals surface area contributed by atoms with Gasteiger partial charge in [-0.25, -0.2) is 4.98 Å². The van der Waals surface area contributed by atoms with E-state index >= 15 is 0 Å². The molecule has 3 nitrogen and oxygen atoms in total. The number of fused-ring (bicyclic) bond motifs is 1. The third kappa shape index (κ3) is 2.05. The van der Waals surface area contributed by atoms with Gasteiger partial charge in [-0.1, -0.05) is 19.9 Å². The summed E-state index contributed by atoms with van der Waals surface area (Å²) >= 11 is 0. The maximum atomic E-state index is 4.31. The predicted molar refractivity (Wildman–Crippen MR) is 61.7 cm³/mol. The number of imidazole rings is 1. The fourth-order valence-corrected chi connectivity index (χ4v) is 1.24. The molecule has 0 aliphatic rings. The third-order valence-electron chi connectivity index (χ3n) is 1.87. The van der Waals surface area contributed by atoms with Crippen molar-refractivity contribution in [3.05, 3.63) is 23.8 Å². The summed E-state index contributed by atoms with van der Waals surface area (Å²) in [4.78, 5) is 7.47. The van der Waals surface area contributed by atoms with Gasteiger partial charge in [-0.15, -0.1) is 0 Å². The van der Waals surface area contributed by atoms with E-state index in [1.54, 1.807) is 0 Å². The first-order valence-corrected chi connectivity index (χ1v) is 4.94. The van der Waals surface area contributed by atoms with Crippen molar-refractivity contribution in [3.63, 3.8) is 0 Å². The summed E-state index contributed by atoms with van der Waals surface area (Å²) in [6.07, 6.45) is 0. The van der Waals surface area contributed by atoms with Crippen LogP contribution in [0.25, 0.3) is 11.0 Å². The summed E-state index contributed by atoms with van der Waals surface area (Å²) in [5.41, 5.74) is 3.33. The van der Waals surface area contributed by atoms with E-state index in [-0.39, 0.29) is 0 Å². The zero-order chi connectivity index (χ0) is 10.6.